The topological polar surface area (TPSA) is 120 Å². The Kier molecular flexibility index (Phi) is 7.23. The molecule has 0 unspecified atom stereocenters. The summed E-state index contributed by atoms with van der Waals surface area (Å²) in [5, 5.41) is 0. The van der Waals surface area contributed by atoms with E-state index >= 15 is 0 Å². The van der Waals surface area contributed by atoms with Crippen molar-refractivity contribution >= 4 is 92.6 Å². The summed E-state index contributed by atoms with van der Waals surface area (Å²) < 4.78 is 72.4. The van der Waals surface area contributed by atoms with Crippen molar-refractivity contribution in [1.29, 1.82) is 0 Å². The SMILES string of the molecule is C=[N+](C=S)c1ccc(/C=C/c2ccc([N+](=C)C=S)cc2S(=O)(=O)[O-])c(S(=O)(=O)[O-])c1. The lowest BCUT2D eigenvalue weighted by Crippen LogP contribution is -2.05. The number of benzene rings is 2. The average molecular weight is 483 g/mol. The zero-order valence-corrected chi connectivity index (χ0v) is 18.4. The molecule has 0 amide bonds. The van der Waals surface area contributed by atoms with Crippen LogP contribution in [0, 0.1) is 0 Å². The minimum atomic E-state index is -4.88. The first kappa shape index (κ1) is 23.8. The van der Waals surface area contributed by atoms with Gasteiger partial charge in [-0.3, -0.25) is 0 Å². The van der Waals surface area contributed by atoms with E-state index in [4.69, 9.17) is 24.4 Å². The number of thiocarbonyl (C=S) groups is 2. The zero-order valence-electron chi connectivity index (χ0n) is 15.2. The minimum Gasteiger partial charge on any atom is -0.744 e. The van der Waals surface area contributed by atoms with Crippen LogP contribution in [-0.4, -0.2) is 59.5 Å². The lowest BCUT2D eigenvalue weighted by molar-refractivity contribution is -0.279. The smallest absolute Gasteiger partial charge is 0.239 e. The van der Waals surface area contributed by atoms with Crippen LogP contribution in [-0.2, 0) is 20.2 Å². The molecule has 8 nitrogen and oxygen atoms in total. The second kappa shape index (κ2) is 9.12. The van der Waals surface area contributed by atoms with Crippen LogP contribution in [0.4, 0.5) is 11.4 Å². The number of hydrogen-bond acceptors (Lipinski definition) is 8. The van der Waals surface area contributed by atoms with E-state index in [1.807, 2.05) is 0 Å². The maximum atomic E-state index is 11.7. The van der Waals surface area contributed by atoms with Crippen molar-refractivity contribution in [1.82, 2.24) is 0 Å². The molecule has 0 saturated carbocycles. The number of hydrogen-bond donors (Lipinski definition) is 0. The molecule has 0 spiro atoms. The van der Waals surface area contributed by atoms with Crippen LogP contribution in [0.25, 0.3) is 12.2 Å². The van der Waals surface area contributed by atoms with Crippen LogP contribution >= 0.6 is 24.4 Å². The highest BCUT2D eigenvalue weighted by atomic mass is 32.2. The fourth-order valence-corrected chi connectivity index (χ4v) is 4.04. The Morgan fingerprint density at radius 2 is 1.07 bits per heavy atom. The fourth-order valence-electron chi connectivity index (χ4n) is 2.41. The van der Waals surface area contributed by atoms with Gasteiger partial charge in [0.2, 0.25) is 22.4 Å². The van der Waals surface area contributed by atoms with Gasteiger partial charge in [0.05, 0.1) is 9.79 Å². The lowest BCUT2D eigenvalue weighted by atomic mass is 10.1. The van der Waals surface area contributed by atoms with E-state index in [1.54, 1.807) is 0 Å². The van der Waals surface area contributed by atoms with Crippen LogP contribution in [0.5, 0.6) is 0 Å². The molecular weight excluding hydrogens is 468 g/mol. The predicted molar refractivity (Wildman–Crippen MR) is 119 cm³/mol. The molecule has 30 heavy (non-hydrogen) atoms. The highest BCUT2D eigenvalue weighted by Gasteiger charge is 2.15. The molecule has 0 atom stereocenters. The first-order chi connectivity index (χ1) is 13.9. The van der Waals surface area contributed by atoms with Gasteiger partial charge in [0.25, 0.3) is 0 Å². The van der Waals surface area contributed by atoms with Crippen molar-refractivity contribution in [2.75, 3.05) is 0 Å². The molecular formula is C18H14N2O6S4. The molecule has 0 aromatic heterocycles. The standard InChI is InChI=1S/C18H14N2O6S4/c1-19(11-27)15-7-5-13(17(9-15)29(21,22)23)3-4-14-6-8-16(20(2)12-28)10-18(14)30(24,25)26/h3-12H,1-2H2/b4-3+. The summed E-state index contributed by atoms with van der Waals surface area (Å²) in [6.07, 6.45) is 2.43. The minimum absolute atomic E-state index is 0.0116. The second-order valence-corrected chi connectivity index (χ2v) is 8.95. The van der Waals surface area contributed by atoms with E-state index in [0.717, 1.165) is 23.1 Å². The van der Waals surface area contributed by atoms with Gasteiger partial charge in [-0.05, 0) is 47.7 Å². The molecule has 0 radical (unpaired) electrons. The van der Waals surface area contributed by atoms with Gasteiger partial charge in [0.1, 0.15) is 33.7 Å². The molecule has 2 rings (SSSR count). The molecule has 0 fully saturated rings. The third-order valence-electron chi connectivity index (χ3n) is 3.89. The van der Waals surface area contributed by atoms with Gasteiger partial charge in [-0.25, -0.2) is 16.8 Å². The third-order valence-corrected chi connectivity index (χ3v) is 6.19. The van der Waals surface area contributed by atoms with Crippen LogP contribution in [0.1, 0.15) is 11.1 Å². The molecule has 0 bridgehead atoms. The van der Waals surface area contributed by atoms with Crippen LogP contribution in [0.3, 0.4) is 0 Å². The van der Waals surface area contributed by atoms with E-state index in [2.05, 4.69) is 13.4 Å². The van der Waals surface area contributed by atoms with Crippen molar-refractivity contribution in [3.05, 3.63) is 47.5 Å². The van der Waals surface area contributed by atoms with Gasteiger partial charge in [-0.15, -0.1) is 0 Å². The predicted octanol–water partition coefficient (Wildman–Crippen LogP) is 2.27. The van der Waals surface area contributed by atoms with E-state index in [1.165, 1.54) is 45.6 Å². The monoisotopic (exact) mass is 482 g/mol. The van der Waals surface area contributed by atoms with Gasteiger partial charge in [0.15, 0.2) is 0 Å². The molecule has 0 heterocycles. The van der Waals surface area contributed by atoms with Gasteiger partial charge >= 0.3 is 0 Å². The first-order valence-electron chi connectivity index (χ1n) is 7.86. The molecule has 0 aliphatic heterocycles. The van der Waals surface area contributed by atoms with E-state index in [9.17, 15) is 25.9 Å². The zero-order chi connectivity index (χ0) is 22.7. The van der Waals surface area contributed by atoms with Gasteiger partial charge in [-0.1, -0.05) is 12.2 Å². The van der Waals surface area contributed by atoms with Crippen molar-refractivity contribution in [2.24, 2.45) is 0 Å². The first-order valence-corrected chi connectivity index (χ1v) is 11.6. The van der Waals surface area contributed by atoms with E-state index in [-0.39, 0.29) is 22.5 Å². The molecule has 156 valence electrons. The Bertz CT molecular complexity index is 1210. The van der Waals surface area contributed by atoms with Crippen molar-refractivity contribution in [2.45, 2.75) is 9.79 Å². The van der Waals surface area contributed by atoms with Crippen LogP contribution in [0.2, 0.25) is 0 Å². The van der Waals surface area contributed by atoms with Gasteiger partial charge in [-0.2, -0.15) is 9.15 Å². The second-order valence-electron chi connectivity index (χ2n) is 5.84. The molecule has 12 heteroatoms. The van der Waals surface area contributed by atoms with Gasteiger partial charge < -0.3 is 9.11 Å². The highest BCUT2D eigenvalue weighted by Crippen LogP contribution is 2.27. The summed E-state index contributed by atoms with van der Waals surface area (Å²) >= 11 is 9.44. The summed E-state index contributed by atoms with van der Waals surface area (Å²) in [7, 11) is -9.75. The van der Waals surface area contributed by atoms with Gasteiger partial charge in [0, 0.05) is 24.3 Å². The molecule has 0 saturated heterocycles. The summed E-state index contributed by atoms with van der Waals surface area (Å²) in [4.78, 5) is -1.12. The lowest BCUT2D eigenvalue weighted by Gasteiger charge is -2.12. The van der Waals surface area contributed by atoms with Crippen molar-refractivity contribution < 1.29 is 35.1 Å². The molecule has 0 aliphatic rings. The fraction of sp³-hybridized carbons (Fsp3) is 0. The summed E-state index contributed by atoms with van der Waals surface area (Å²) in [5.41, 5.74) is 2.82. The third kappa shape index (κ3) is 5.56. The maximum Gasteiger partial charge on any atom is 0.239 e. The summed E-state index contributed by atoms with van der Waals surface area (Å²) in [5.74, 6) is 0. The Hall–Kier alpha value is -2.48. The molecule has 2 aromatic rings. The Morgan fingerprint density at radius 3 is 1.33 bits per heavy atom. The summed E-state index contributed by atoms with van der Waals surface area (Å²) in [6, 6.07) is 7.78. The number of rotatable bonds is 8. The number of nitrogens with zero attached hydrogens (tertiary/aromatic N) is 2. The van der Waals surface area contributed by atoms with Crippen molar-refractivity contribution in [3.8, 4) is 0 Å². The highest BCUT2D eigenvalue weighted by molar-refractivity contribution is 7.86. The van der Waals surface area contributed by atoms with Crippen LogP contribution in [0.15, 0.2) is 46.2 Å². The summed E-state index contributed by atoms with van der Waals surface area (Å²) in [6.45, 7) is 7.16. The quantitative estimate of drug-likeness (QED) is 0.185. The Balaban J connectivity index is 2.64. The maximum absolute atomic E-state index is 11.7. The average Bonchev–Trinajstić information content (AvgIpc) is 2.69. The van der Waals surface area contributed by atoms with E-state index < -0.39 is 30.0 Å². The Morgan fingerprint density at radius 1 is 0.733 bits per heavy atom. The molecule has 0 N–H and O–H groups in total. The molecule has 2 aromatic carbocycles. The largest absolute Gasteiger partial charge is 0.744 e. The Labute approximate surface area is 184 Å². The van der Waals surface area contributed by atoms with Crippen molar-refractivity contribution in [3.63, 3.8) is 0 Å². The van der Waals surface area contributed by atoms with E-state index in [0.29, 0.717) is 0 Å². The normalized spacial score (nSPS) is 11.9. The van der Waals surface area contributed by atoms with Crippen LogP contribution < -0.4 is 0 Å². The molecule has 0 aliphatic carbocycles.